The number of rotatable bonds is 7. The summed E-state index contributed by atoms with van der Waals surface area (Å²) in [5, 5.41) is 0. The number of hydrogen-bond acceptors (Lipinski definition) is 4. The quantitative estimate of drug-likeness (QED) is 0.759. The van der Waals surface area contributed by atoms with Crippen LogP contribution in [0.15, 0.2) is 12.1 Å². The number of pyridine rings is 1. The number of nitrogens with two attached hydrogens (primary N) is 1. The molecule has 2 N–H and O–H groups in total. The molecule has 0 fully saturated rings. The lowest BCUT2D eigenvalue weighted by atomic mass is 10.1. The third-order valence-electron chi connectivity index (χ3n) is 2.34. The van der Waals surface area contributed by atoms with Gasteiger partial charge in [-0.15, -0.1) is 0 Å². The van der Waals surface area contributed by atoms with Crippen LogP contribution in [0.4, 0.5) is 0 Å². The van der Waals surface area contributed by atoms with E-state index in [0.29, 0.717) is 0 Å². The van der Waals surface area contributed by atoms with E-state index in [1.807, 2.05) is 37.7 Å². The Kier molecular flexibility index (Phi) is 6.37. The summed E-state index contributed by atoms with van der Waals surface area (Å²) < 4.78 is 5.76. The Balaban J connectivity index is 2.62. The van der Waals surface area contributed by atoms with E-state index in [0.717, 1.165) is 42.3 Å². The molecule has 0 aromatic carbocycles. The molecule has 0 bridgehead atoms. The number of aryl methyl sites for hydroxylation is 1. The fraction of sp³-hybridized carbons (Fsp3) is 0.615. The van der Waals surface area contributed by atoms with Gasteiger partial charge in [0.15, 0.2) is 0 Å². The minimum Gasteiger partial charge on any atom is -0.492 e. The van der Waals surface area contributed by atoms with E-state index in [-0.39, 0.29) is 6.04 Å². The summed E-state index contributed by atoms with van der Waals surface area (Å²) in [5.74, 6) is 2.01. The number of thioether (sulfide) groups is 1. The summed E-state index contributed by atoms with van der Waals surface area (Å²) >= 11 is 1.84. The second-order valence-electron chi connectivity index (χ2n) is 4.27. The van der Waals surface area contributed by atoms with E-state index >= 15 is 0 Å². The molecule has 1 atom stereocenters. The van der Waals surface area contributed by atoms with Gasteiger partial charge in [-0.3, -0.25) is 4.98 Å². The van der Waals surface area contributed by atoms with Gasteiger partial charge in [0.25, 0.3) is 0 Å². The van der Waals surface area contributed by atoms with Crippen LogP contribution in [0.1, 0.15) is 24.7 Å². The third kappa shape index (κ3) is 5.41. The maximum atomic E-state index is 5.82. The lowest BCUT2D eigenvalue weighted by Crippen LogP contribution is -2.19. The summed E-state index contributed by atoms with van der Waals surface area (Å²) in [6.07, 6.45) is 3.93. The molecule has 96 valence electrons. The molecule has 1 rings (SSSR count). The Morgan fingerprint density at radius 2 is 2.24 bits per heavy atom. The highest BCUT2D eigenvalue weighted by molar-refractivity contribution is 7.98. The smallest absolute Gasteiger partial charge is 0.140 e. The summed E-state index contributed by atoms with van der Waals surface area (Å²) in [7, 11) is 0. The predicted octanol–water partition coefficient (Wildman–Crippen LogP) is 2.41. The second-order valence-corrected chi connectivity index (χ2v) is 5.26. The standard InChI is InChI=1S/C13H22N2OS/c1-10(14)9-12-13(6-5-11(2)15-12)16-7-4-8-17-3/h5-6,10H,4,7-9,14H2,1-3H3. The zero-order chi connectivity index (χ0) is 12.7. The lowest BCUT2D eigenvalue weighted by Gasteiger charge is -2.12. The molecule has 1 aromatic rings. The van der Waals surface area contributed by atoms with Gasteiger partial charge < -0.3 is 10.5 Å². The molecule has 1 aromatic heterocycles. The van der Waals surface area contributed by atoms with Gasteiger partial charge in [0, 0.05) is 18.2 Å². The zero-order valence-electron chi connectivity index (χ0n) is 10.9. The molecule has 17 heavy (non-hydrogen) atoms. The SMILES string of the molecule is CSCCCOc1ccc(C)nc1CC(C)N. The first-order valence-electron chi connectivity index (χ1n) is 5.97. The number of ether oxygens (including phenoxy) is 1. The van der Waals surface area contributed by atoms with Crippen molar-refractivity contribution < 1.29 is 4.74 Å². The Morgan fingerprint density at radius 3 is 2.88 bits per heavy atom. The van der Waals surface area contributed by atoms with Crippen molar-refractivity contribution in [1.29, 1.82) is 0 Å². The van der Waals surface area contributed by atoms with Crippen molar-refractivity contribution in [2.24, 2.45) is 5.73 Å². The van der Waals surface area contributed by atoms with Crippen LogP contribution in [0.3, 0.4) is 0 Å². The lowest BCUT2D eigenvalue weighted by molar-refractivity contribution is 0.313. The van der Waals surface area contributed by atoms with Crippen LogP contribution in [-0.2, 0) is 6.42 Å². The molecule has 3 nitrogen and oxygen atoms in total. The summed E-state index contributed by atoms with van der Waals surface area (Å²) in [6, 6.07) is 4.09. The first-order valence-corrected chi connectivity index (χ1v) is 7.36. The van der Waals surface area contributed by atoms with E-state index in [1.54, 1.807) is 0 Å². The summed E-state index contributed by atoms with van der Waals surface area (Å²) in [6.45, 7) is 4.72. The van der Waals surface area contributed by atoms with Crippen molar-refractivity contribution >= 4 is 11.8 Å². The van der Waals surface area contributed by atoms with Gasteiger partial charge in [-0.05, 0) is 44.4 Å². The molecular formula is C13H22N2OS. The van der Waals surface area contributed by atoms with Gasteiger partial charge in [0.2, 0.25) is 0 Å². The maximum Gasteiger partial charge on any atom is 0.140 e. The number of hydrogen-bond donors (Lipinski definition) is 1. The first-order chi connectivity index (χ1) is 8.13. The molecule has 1 heterocycles. The maximum absolute atomic E-state index is 5.82. The van der Waals surface area contributed by atoms with Gasteiger partial charge in [-0.1, -0.05) is 0 Å². The molecule has 0 aliphatic carbocycles. The Hall–Kier alpha value is -0.740. The molecule has 0 saturated heterocycles. The van der Waals surface area contributed by atoms with Crippen LogP contribution in [0.25, 0.3) is 0 Å². The molecule has 0 spiro atoms. The van der Waals surface area contributed by atoms with Gasteiger partial charge in [0.05, 0.1) is 12.3 Å². The first kappa shape index (κ1) is 14.3. The van der Waals surface area contributed by atoms with Crippen molar-refractivity contribution in [3.05, 3.63) is 23.5 Å². The van der Waals surface area contributed by atoms with Crippen molar-refractivity contribution in [2.75, 3.05) is 18.6 Å². The van der Waals surface area contributed by atoms with Gasteiger partial charge in [-0.2, -0.15) is 11.8 Å². The van der Waals surface area contributed by atoms with E-state index in [1.165, 1.54) is 0 Å². The van der Waals surface area contributed by atoms with Crippen LogP contribution in [0.5, 0.6) is 5.75 Å². The van der Waals surface area contributed by atoms with Crippen LogP contribution in [0, 0.1) is 6.92 Å². The molecule has 1 unspecified atom stereocenters. The molecule has 0 aliphatic heterocycles. The van der Waals surface area contributed by atoms with E-state index in [4.69, 9.17) is 10.5 Å². The summed E-state index contributed by atoms with van der Waals surface area (Å²) in [5.41, 5.74) is 7.81. The van der Waals surface area contributed by atoms with Crippen molar-refractivity contribution in [3.8, 4) is 5.75 Å². The minimum atomic E-state index is 0.109. The zero-order valence-corrected chi connectivity index (χ0v) is 11.7. The fourth-order valence-electron chi connectivity index (χ4n) is 1.57. The molecule has 0 aliphatic rings. The minimum absolute atomic E-state index is 0.109. The third-order valence-corrected chi connectivity index (χ3v) is 3.03. The number of nitrogens with zero attached hydrogens (tertiary/aromatic N) is 1. The van der Waals surface area contributed by atoms with Crippen LogP contribution >= 0.6 is 11.8 Å². The molecule has 0 radical (unpaired) electrons. The van der Waals surface area contributed by atoms with E-state index < -0.39 is 0 Å². The average molecular weight is 254 g/mol. The molecule has 0 amide bonds. The highest BCUT2D eigenvalue weighted by atomic mass is 32.2. The van der Waals surface area contributed by atoms with Crippen LogP contribution in [0.2, 0.25) is 0 Å². The summed E-state index contributed by atoms with van der Waals surface area (Å²) in [4.78, 5) is 4.50. The Morgan fingerprint density at radius 1 is 1.47 bits per heavy atom. The second kappa shape index (κ2) is 7.56. The van der Waals surface area contributed by atoms with Crippen molar-refractivity contribution in [1.82, 2.24) is 4.98 Å². The normalized spacial score (nSPS) is 12.5. The largest absolute Gasteiger partial charge is 0.492 e. The van der Waals surface area contributed by atoms with Crippen LogP contribution in [-0.4, -0.2) is 29.6 Å². The molecule has 0 saturated carbocycles. The van der Waals surface area contributed by atoms with Crippen molar-refractivity contribution in [2.45, 2.75) is 32.7 Å². The van der Waals surface area contributed by atoms with E-state index in [2.05, 4.69) is 11.2 Å². The fourth-order valence-corrected chi connectivity index (χ4v) is 1.97. The topological polar surface area (TPSA) is 48.1 Å². The Bertz CT molecular complexity index is 342. The molecule has 4 heteroatoms. The van der Waals surface area contributed by atoms with Gasteiger partial charge in [-0.25, -0.2) is 0 Å². The highest BCUT2D eigenvalue weighted by Gasteiger charge is 2.08. The predicted molar refractivity (Wildman–Crippen MR) is 74.8 cm³/mol. The van der Waals surface area contributed by atoms with Gasteiger partial charge >= 0.3 is 0 Å². The van der Waals surface area contributed by atoms with E-state index in [9.17, 15) is 0 Å². The van der Waals surface area contributed by atoms with Crippen molar-refractivity contribution in [3.63, 3.8) is 0 Å². The van der Waals surface area contributed by atoms with Crippen LogP contribution < -0.4 is 10.5 Å². The Labute approximate surface area is 108 Å². The highest BCUT2D eigenvalue weighted by Crippen LogP contribution is 2.18. The monoisotopic (exact) mass is 254 g/mol. The van der Waals surface area contributed by atoms with Gasteiger partial charge in [0.1, 0.15) is 5.75 Å². The number of aromatic nitrogens is 1. The average Bonchev–Trinajstić information content (AvgIpc) is 2.26. The molecular weight excluding hydrogens is 232 g/mol.